The average Bonchev–Trinajstić information content (AvgIpc) is 3.38. The molecule has 244 valence electrons. The summed E-state index contributed by atoms with van der Waals surface area (Å²) in [5.41, 5.74) is 1.73. The molecule has 1 N–H and O–H groups in total. The number of unbranched alkanes of at least 4 members (excludes halogenated alkanes) is 3. The van der Waals surface area contributed by atoms with Crippen molar-refractivity contribution in [1.29, 1.82) is 0 Å². The second-order valence-electron chi connectivity index (χ2n) is 12.2. The molecule has 5 atom stereocenters. The molecule has 0 saturated carbocycles. The molecule has 0 aliphatic carbocycles. The van der Waals surface area contributed by atoms with E-state index in [1.54, 1.807) is 0 Å². The van der Waals surface area contributed by atoms with Gasteiger partial charge in [0.1, 0.15) is 35.8 Å². The van der Waals surface area contributed by atoms with Crippen molar-refractivity contribution >= 4 is 11.6 Å². The molecule has 3 saturated heterocycles. The molecule has 2 aromatic carbocycles. The Labute approximate surface area is 267 Å². The highest BCUT2D eigenvalue weighted by Crippen LogP contribution is 2.52. The van der Waals surface area contributed by atoms with E-state index in [-0.39, 0.29) is 19.3 Å². The zero-order valence-electron chi connectivity index (χ0n) is 26.4. The van der Waals surface area contributed by atoms with Crippen LogP contribution in [0, 0.1) is 0 Å². The Bertz CT molecular complexity index is 1170. The van der Waals surface area contributed by atoms with Crippen LogP contribution < -0.4 is 4.74 Å². The van der Waals surface area contributed by atoms with E-state index in [0.29, 0.717) is 44.5 Å². The van der Waals surface area contributed by atoms with Gasteiger partial charge in [-0.25, -0.2) is 0 Å². The zero-order valence-corrected chi connectivity index (χ0v) is 27.2. The van der Waals surface area contributed by atoms with Gasteiger partial charge in [-0.15, -0.1) is 0 Å². The number of ether oxygens (including phenoxy) is 7. The highest BCUT2D eigenvalue weighted by atomic mass is 35.5. The molecule has 3 aliphatic heterocycles. The van der Waals surface area contributed by atoms with Crippen LogP contribution in [0.5, 0.6) is 5.75 Å². The summed E-state index contributed by atoms with van der Waals surface area (Å²) >= 11 is 6.78. The normalized spacial score (nSPS) is 28.2. The SMILES string of the molecule is CCCCOC1[C@@H](OCCCC)[C@H](OCCCC)C2(CO)COC1(c1ccc(Cl)c(Cc3ccc(OC4COC4)cc3)c1)O2. The van der Waals surface area contributed by atoms with Crippen LogP contribution in [-0.4, -0.2) is 81.4 Å². The van der Waals surface area contributed by atoms with Crippen LogP contribution in [-0.2, 0) is 40.6 Å². The van der Waals surface area contributed by atoms with Crippen molar-refractivity contribution in [3.05, 3.63) is 64.2 Å². The summed E-state index contributed by atoms with van der Waals surface area (Å²) in [5, 5.41) is 11.5. The number of aliphatic hydroxyl groups is 1. The van der Waals surface area contributed by atoms with Crippen LogP contribution in [0.3, 0.4) is 0 Å². The fraction of sp³-hybridized carbons (Fsp3) is 0.657. The number of rotatable bonds is 18. The van der Waals surface area contributed by atoms with Crippen molar-refractivity contribution in [3.63, 3.8) is 0 Å². The van der Waals surface area contributed by atoms with Gasteiger partial charge in [0.05, 0.1) is 26.4 Å². The summed E-state index contributed by atoms with van der Waals surface area (Å²) in [7, 11) is 0. The maximum atomic E-state index is 10.8. The van der Waals surface area contributed by atoms with E-state index in [2.05, 4.69) is 32.9 Å². The number of aliphatic hydroxyl groups excluding tert-OH is 1. The Morgan fingerprint density at radius 1 is 0.864 bits per heavy atom. The summed E-state index contributed by atoms with van der Waals surface area (Å²) in [6.45, 7) is 9.19. The Morgan fingerprint density at radius 2 is 1.52 bits per heavy atom. The van der Waals surface area contributed by atoms with E-state index in [1.165, 1.54) is 0 Å². The first-order valence-corrected chi connectivity index (χ1v) is 16.8. The van der Waals surface area contributed by atoms with Gasteiger partial charge in [0.15, 0.2) is 0 Å². The van der Waals surface area contributed by atoms with Crippen molar-refractivity contribution in [2.75, 3.05) is 46.2 Å². The number of halogens is 1. The van der Waals surface area contributed by atoms with Crippen LogP contribution in [0.2, 0.25) is 5.02 Å². The summed E-state index contributed by atoms with van der Waals surface area (Å²) in [6.07, 6.45) is 4.77. The Morgan fingerprint density at radius 3 is 2.14 bits per heavy atom. The minimum atomic E-state index is -1.29. The maximum Gasteiger partial charge on any atom is 0.225 e. The van der Waals surface area contributed by atoms with Gasteiger partial charge in [0, 0.05) is 30.4 Å². The van der Waals surface area contributed by atoms with E-state index in [4.69, 9.17) is 44.8 Å². The van der Waals surface area contributed by atoms with Gasteiger partial charge in [0.25, 0.3) is 0 Å². The van der Waals surface area contributed by atoms with Crippen molar-refractivity contribution in [2.45, 2.75) is 102 Å². The minimum Gasteiger partial charge on any atom is -0.486 e. The Balaban J connectivity index is 1.46. The molecule has 3 fully saturated rings. The van der Waals surface area contributed by atoms with E-state index in [9.17, 15) is 5.11 Å². The molecule has 3 heterocycles. The number of fused-ring (bicyclic) bond motifs is 2. The maximum absolute atomic E-state index is 10.8. The quantitative estimate of drug-likeness (QED) is 0.194. The van der Waals surface area contributed by atoms with E-state index >= 15 is 0 Å². The first kappa shape index (κ1) is 33.6. The molecule has 5 rings (SSSR count). The van der Waals surface area contributed by atoms with Crippen LogP contribution >= 0.6 is 11.6 Å². The van der Waals surface area contributed by atoms with Crippen LogP contribution in [0.15, 0.2) is 42.5 Å². The summed E-state index contributed by atoms with van der Waals surface area (Å²) in [5.74, 6) is -0.465. The van der Waals surface area contributed by atoms with Crippen LogP contribution in [0.1, 0.15) is 76.0 Å². The Hall–Kier alpha value is -1.75. The second kappa shape index (κ2) is 15.7. The third kappa shape index (κ3) is 7.29. The van der Waals surface area contributed by atoms with Gasteiger partial charge in [0.2, 0.25) is 5.79 Å². The lowest BCUT2D eigenvalue weighted by atomic mass is 9.83. The van der Waals surface area contributed by atoms with Gasteiger partial charge in [-0.2, -0.15) is 0 Å². The van der Waals surface area contributed by atoms with Crippen LogP contribution in [0.4, 0.5) is 0 Å². The smallest absolute Gasteiger partial charge is 0.225 e. The summed E-state index contributed by atoms with van der Waals surface area (Å²) in [6, 6.07) is 14.0. The summed E-state index contributed by atoms with van der Waals surface area (Å²) in [4.78, 5) is 0. The molecule has 0 spiro atoms. The fourth-order valence-corrected chi connectivity index (χ4v) is 6.21. The van der Waals surface area contributed by atoms with Gasteiger partial charge in [-0.3, -0.25) is 0 Å². The molecular weight excluding hydrogens is 584 g/mol. The molecule has 2 aromatic rings. The van der Waals surface area contributed by atoms with Crippen molar-refractivity contribution < 1.29 is 38.3 Å². The van der Waals surface area contributed by atoms with Gasteiger partial charge in [-0.1, -0.05) is 69.8 Å². The van der Waals surface area contributed by atoms with Crippen LogP contribution in [0.25, 0.3) is 0 Å². The molecular formula is C35H49ClO8. The predicted molar refractivity (Wildman–Crippen MR) is 168 cm³/mol. The second-order valence-corrected chi connectivity index (χ2v) is 12.6. The molecule has 0 radical (unpaired) electrons. The van der Waals surface area contributed by atoms with Gasteiger partial charge < -0.3 is 38.3 Å². The molecule has 0 amide bonds. The van der Waals surface area contributed by atoms with E-state index < -0.39 is 29.7 Å². The molecule has 2 bridgehead atoms. The lowest BCUT2D eigenvalue weighted by Gasteiger charge is -2.50. The van der Waals surface area contributed by atoms with Gasteiger partial charge >= 0.3 is 0 Å². The monoisotopic (exact) mass is 632 g/mol. The minimum absolute atomic E-state index is 0.123. The lowest BCUT2D eigenvalue weighted by molar-refractivity contribution is -0.349. The molecule has 9 heteroatoms. The average molecular weight is 633 g/mol. The third-order valence-corrected chi connectivity index (χ3v) is 9.09. The summed E-state index contributed by atoms with van der Waals surface area (Å²) < 4.78 is 44.4. The fourth-order valence-electron chi connectivity index (χ4n) is 6.03. The predicted octanol–water partition coefficient (Wildman–Crippen LogP) is 6.21. The van der Waals surface area contributed by atoms with Crippen molar-refractivity contribution in [1.82, 2.24) is 0 Å². The molecule has 3 unspecified atom stereocenters. The number of hydrogen-bond acceptors (Lipinski definition) is 8. The lowest BCUT2D eigenvalue weighted by Crippen LogP contribution is -2.67. The van der Waals surface area contributed by atoms with Crippen molar-refractivity contribution in [3.8, 4) is 5.75 Å². The molecule has 0 aromatic heterocycles. The third-order valence-electron chi connectivity index (χ3n) is 8.72. The zero-order chi connectivity index (χ0) is 31.0. The topological polar surface area (TPSA) is 84.8 Å². The van der Waals surface area contributed by atoms with Crippen molar-refractivity contribution in [2.24, 2.45) is 0 Å². The van der Waals surface area contributed by atoms with E-state index in [0.717, 1.165) is 61.0 Å². The number of benzene rings is 2. The highest BCUT2D eigenvalue weighted by Gasteiger charge is 2.69. The first-order valence-electron chi connectivity index (χ1n) is 16.4. The van der Waals surface area contributed by atoms with E-state index in [1.807, 2.05) is 30.3 Å². The highest BCUT2D eigenvalue weighted by molar-refractivity contribution is 6.31. The molecule has 44 heavy (non-hydrogen) atoms. The number of hydrogen-bond donors (Lipinski definition) is 1. The molecule has 8 nitrogen and oxygen atoms in total. The first-order chi connectivity index (χ1) is 21.5. The standard InChI is InChI=1S/C35H49ClO8/c1-4-7-16-39-31-32(40-17-8-5-2)34(23-37)24-42-35(44-34,33(31)41-18-9-6-3)27-12-15-30(36)26(20-27)19-25-10-13-28(14-11-25)43-29-21-38-22-29/h10-15,20,29,31-33,37H,4-9,16-19,21-24H2,1-3H3/t31-,32-,33?,34?,35?/m0/s1. The largest absolute Gasteiger partial charge is 0.486 e. The Kier molecular flexibility index (Phi) is 12.0. The van der Waals surface area contributed by atoms with Gasteiger partial charge in [-0.05, 0) is 61.1 Å². The molecule has 3 aliphatic rings.